The highest BCUT2D eigenvalue weighted by atomic mass is 35.5. The van der Waals surface area contributed by atoms with Crippen molar-refractivity contribution < 1.29 is 8.42 Å². The Kier molecular flexibility index (Phi) is 4.57. The molecule has 2 rings (SSSR count). The molecule has 0 spiro atoms. The van der Waals surface area contributed by atoms with Crippen LogP contribution >= 0.6 is 11.6 Å². The van der Waals surface area contributed by atoms with Crippen molar-refractivity contribution in [1.29, 1.82) is 0 Å². The third-order valence-corrected chi connectivity index (χ3v) is 6.87. The lowest BCUT2D eigenvalue weighted by atomic mass is 9.99. The van der Waals surface area contributed by atoms with E-state index in [2.05, 4.69) is 13.8 Å². The monoisotopic (exact) mass is 300 g/mol. The predicted octanol–water partition coefficient (Wildman–Crippen LogP) is 4.06. The number of benzene rings is 1. The molecule has 1 aliphatic rings. The summed E-state index contributed by atoms with van der Waals surface area (Å²) in [5.41, 5.74) is 2.17. The van der Waals surface area contributed by atoms with Crippen molar-refractivity contribution in [3.63, 3.8) is 0 Å². The van der Waals surface area contributed by atoms with Crippen LogP contribution in [0.2, 0.25) is 0 Å². The van der Waals surface area contributed by atoms with Crippen LogP contribution in [-0.2, 0) is 9.84 Å². The zero-order valence-electron chi connectivity index (χ0n) is 11.5. The molecule has 2 atom stereocenters. The molecule has 1 aromatic rings. The fraction of sp³-hybridized carbons (Fsp3) is 0.600. The molecule has 2 unspecified atom stereocenters. The third kappa shape index (κ3) is 3.32. The zero-order chi connectivity index (χ0) is 14.0. The van der Waals surface area contributed by atoms with E-state index in [0.29, 0.717) is 12.3 Å². The average molecular weight is 301 g/mol. The van der Waals surface area contributed by atoms with Crippen LogP contribution in [0.1, 0.15) is 55.5 Å². The van der Waals surface area contributed by atoms with Crippen LogP contribution < -0.4 is 0 Å². The molecular weight excluding hydrogens is 280 g/mol. The lowest BCUT2D eigenvalue weighted by Crippen LogP contribution is -2.31. The minimum absolute atomic E-state index is 0.283. The van der Waals surface area contributed by atoms with Crippen molar-refractivity contribution in [3.8, 4) is 0 Å². The van der Waals surface area contributed by atoms with Gasteiger partial charge in [-0.1, -0.05) is 44.5 Å². The first kappa shape index (κ1) is 14.9. The molecule has 2 nitrogen and oxygen atoms in total. The number of hydrogen-bond acceptors (Lipinski definition) is 2. The molecule has 1 saturated heterocycles. The summed E-state index contributed by atoms with van der Waals surface area (Å²) in [6.07, 6.45) is 2.41. The highest BCUT2D eigenvalue weighted by molar-refractivity contribution is 7.92. The molecule has 106 valence electrons. The summed E-state index contributed by atoms with van der Waals surface area (Å²) in [6, 6.07) is 8.03. The highest BCUT2D eigenvalue weighted by Crippen LogP contribution is 2.35. The number of rotatable bonds is 3. The molecule has 1 fully saturated rings. The van der Waals surface area contributed by atoms with Crippen LogP contribution in [-0.4, -0.2) is 19.4 Å². The van der Waals surface area contributed by atoms with Crippen molar-refractivity contribution >= 4 is 21.4 Å². The molecule has 0 bridgehead atoms. The van der Waals surface area contributed by atoms with Crippen molar-refractivity contribution in [1.82, 2.24) is 0 Å². The molecule has 0 N–H and O–H groups in total. The number of halogens is 1. The molecular formula is C15H21ClO2S. The van der Waals surface area contributed by atoms with Gasteiger partial charge in [0.25, 0.3) is 0 Å². The molecule has 1 heterocycles. The van der Waals surface area contributed by atoms with Crippen molar-refractivity contribution in [2.24, 2.45) is 0 Å². The van der Waals surface area contributed by atoms with E-state index < -0.39 is 20.5 Å². The minimum atomic E-state index is -3.03. The van der Waals surface area contributed by atoms with Gasteiger partial charge >= 0.3 is 0 Å². The van der Waals surface area contributed by atoms with E-state index in [1.165, 1.54) is 5.56 Å². The largest absolute Gasteiger partial charge is 0.228 e. The molecule has 1 aromatic carbocycles. The van der Waals surface area contributed by atoms with Crippen LogP contribution in [0.3, 0.4) is 0 Å². The van der Waals surface area contributed by atoms with Crippen LogP contribution in [0.15, 0.2) is 24.3 Å². The van der Waals surface area contributed by atoms with E-state index in [0.717, 1.165) is 18.4 Å². The van der Waals surface area contributed by atoms with Gasteiger partial charge in [0.2, 0.25) is 0 Å². The Morgan fingerprint density at radius 2 is 1.68 bits per heavy atom. The smallest absolute Gasteiger partial charge is 0.154 e. The summed E-state index contributed by atoms with van der Waals surface area (Å²) in [7, 11) is -3.03. The quantitative estimate of drug-likeness (QED) is 0.789. The van der Waals surface area contributed by atoms with Crippen LogP contribution in [0.25, 0.3) is 0 Å². The van der Waals surface area contributed by atoms with Crippen LogP contribution in [0.5, 0.6) is 0 Å². The molecule has 0 aliphatic carbocycles. The van der Waals surface area contributed by atoms with E-state index in [4.69, 9.17) is 11.6 Å². The topological polar surface area (TPSA) is 34.1 Å². The first-order chi connectivity index (χ1) is 8.92. The SMILES string of the molecule is CC(C)c1ccc(C(Cl)C2CCCCS2(=O)=O)cc1. The van der Waals surface area contributed by atoms with Crippen molar-refractivity contribution in [2.75, 3.05) is 5.75 Å². The van der Waals surface area contributed by atoms with Gasteiger partial charge in [0.15, 0.2) is 9.84 Å². The van der Waals surface area contributed by atoms with E-state index in [1.807, 2.05) is 24.3 Å². The molecule has 0 saturated carbocycles. The van der Waals surface area contributed by atoms with Gasteiger partial charge in [0.1, 0.15) is 0 Å². The zero-order valence-corrected chi connectivity index (χ0v) is 13.0. The Morgan fingerprint density at radius 3 is 2.21 bits per heavy atom. The number of alkyl halides is 1. The summed E-state index contributed by atoms with van der Waals surface area (Å²) in [5.74, 6) is 0.756. The summed E-state index contributed by atoms with van der Waals surface area (Å²) in [5, 5.41) is -0.848. The Morgan fingerprint density at radius 1 is 1.11 bits per heavy atom. The molecule has 0 amide bonds. The maximum Gasteiger partial charge on any atom is 0.154 e. The van der Waals surface area contributed by atoms with E-state index in [1.54, 1.807) is 0 Å². The highest BCUT2D eigenvalue weighted by Gasteiger charge is 2.35. The Hall–Kier alpha value is -0.540. The van der Waals surface area contributed by atoms with Crippen LogP contribution in [0.4, 0.5) is 0 Å². The summed E-state index contributed by atoms with van der Waals surface area (Å²) in [6.45, 7) is 4.28. The number of sulfone groups is 1. The van der Waals surface area contributed by atoms with Gasteiger partial charge in [0.05, 0.1) is 16.4 Å². The summed E-state index contributed by atoms with van der Waals surface area (Å²) in [4.78, 5) is 0. The third-order valence-electron chi connectivity index (χ3n) is 3.88. The Bertz CT molecular complexity index is 520. The normalized spacial score (nSPS) is 24.3. The van der Waals surface area contributed by atoms with Gasteiger partial charge < -0.3 is 0 Å². The molecule has 4 heteroatoms. The lowest BCUT2D eigenvalue weighted by Gasteiger charge is -2.26. The predicted molar refractivity (Wildman–Crippen MR) is 80.6 cm³/mol. The maximum absolute atomic E-state index is 12.1. The molecule has 19 heavy (non-hydrogen) atoms. The molecule has 0 radical (unpaired) electrons. The maximum atomic E-state index is 12.1. The fourth-order valence-electron chi connectivity index (χ4n) is 2.59. The van der Waals surface area contributed by atoms with Gasteiger partial charge in [-0.2, -0.15) is 0 Å². The van der Waals surface area contributed by atoms with Gasteiger partial charge in [-0.05, 0) is 29.9 Å². The summed E-state index contributed by atoms with van der Waals surface area (Å²) >= 11 is 6.42. The van der Waals surface area contributed by atoms with E-state index >= 15 is 0 Å². The van der Waals surface area contributed by atoms with Gasteiger partial charge in [0, 0.05) is 0 Å². The first-order valence-electron chi connectivity index (χ1n) is 6.87. The second kappa shape index (κ2) is 5.84. The Balaban J connectivity index is 2.21. The Labute approximate surface area is 121 Å². The molecule has 0 aromatic heterocycles. The fourth-order valence-corrected chi connectivity index (χ4v) is 5.29. The van der Waals surface area contributed by atoms with Gasteiger partial charge in [-0.3, -0.25) is 0 Å². The van der Waals surface area contributed by atoms with Crippen LogP contribution in [0, 0.1) is 0 Å². The second-order valence-corrected chi connectivity index (χ2v) is 8.43. The van der Waals surface area contributed by atoms with E-state index in [-0.39, 0.29) is 5.75 Å². The first-order valence-corrected chi connectivity index (χ1v) is 9.02. The molecule has 1 aliphatic heterocycles. The average Bonchev–Trinajstić information content (AvgIpc) is 2.37. The number of hydrogen-bond donors (Lipinski definition) is 0. The lowest BCUT2D eigenvalue weighted by molar-refractivity contribution is 0.534. The van der Waals surface area contributed by atoms with Gasteiger partial charge in [-0.25, -0.2) is 8.42 Å². The minimum Gasteiger partial charge on any atom is -0.228 e. The second-order valence-electron chi connectivity index (χ2n) is 5.62. The van der Waals surface area contributed by atoms with Crippen molar-refractivity contribution in [3.05, 3.63) is 35.4 Å². The van der Waals surface area contributed by atoms with Crippen molar-refractivity contribution in [2.45, 2.75) is 49.7 Å². The van der Waals surface area contributed by atoms with Gasteiger partial charge in [-0.15, -0.1) is 11.6 Å². The summed E-state index contributed by atoms with van der Waals surface area (Å²) < 4.78 is 24.2. The van der Waals surface area contributed by atoms with E-state index in [9.17, 15) is 8.42 Å². The standard InChI is InChI=1S/C15H21ClO2S/c1-11(2)12-6-8-13(9-7-12)15(16)14-5-3-4-10-19(14,17)18/h6-9,11,14-15H,3-5,10H2,1-2H3.